The predicted molar refractivity (Wildman–Crippen MR) is 116 cm³/mol. The normalized spacial score (nSPS) is 17.2. The van der Waals surface area contributed by atoms with E-state index in [1.165, 1.54) is 11.8 Å². The summed E-state index contributed by atoms with van der Waals surface area (Å²) < 4.78 is 0. The van der Waals surface area contributed by atoms with Gasteiger partial charge in [-0.1, -0.05) is 12.1 Å². The summed E-state index contributed by atoms with van der Waals surface area (Å²) in [4.78, 5) is 30.1. The van der Waals surface area contributed by atoms with Gasteiger partial charge in [-0.15, -0.1) is 24.2 Å². The van der Waals surface area contributed by atoms with Gasteiger partial charge in [-0.05, 0) is 37.9 Å². The first-order chi connectivity index (χ1) is 13.2. The summed E-state index contributed by atoms with van der Waals surface area (Å²) in [5.41, 5.74) is 0.666. The van der Waals surface area contributed by atoms with Crippen molar-refractivity contribution >= 4 is 36.0 Å². The minimum absolute atomic E-state index is 0. The quantitative estimate of drug-likeness (QED) is 0.490. The molecular formula is C20H31ClN4O2S. The second kappa shape index (κ2) is 12.3. The number of carbonyl (C=O) groups excluding carboxylic acids is 2. The average molecular weight is 427 g/mol. The van der Waals surface area contributed by atoms with Crippen molar-refractivity contribution in [3.8, 4) is 0 Å². The van der Waals surface area contributed by atoms with Crippen molar-refractivity contribution in [3.05, 3.63) is 29.8 Å². The van der Waals surface area contributed by atoms with Crippen LogP contribution in [0.4, 0.5) is 0 Å². The van der Waals surface area contributed by atoms with E-state index in [0.717, 1.165) is 70.0 Å². The molecule has 0 saturated carbocycles. The third-order valence-electron chi connectivity index (χ3n) is 5.09. The molecule has 0 atom stereocenters. The number of nitrogens with zero attached hydrogens (tertiary/aromatic N) is 2. The van der Waals surface area contributed by atoms with Gasteiger partial charge in [0, 0.05) is 50.7 Å². The Morgan fingerprint density at radius 2 is 1.79 bits per heavy atom. The number of benzene rings is 1. The lowest BCUT2D eigenvalue weighted by molar-refractivity contribution is -0.127. The fourth-order valence-corrected chi connectivity index (χ4v) is 4.46. The van der Waals surface area contributed by atoms with E-state index in [9.17, 15) is 9.59 Å². The first-order valence-electron chi connectivity index (χ1n) is 9.95. The number of amides is 2. The van der Waals surface area contributed by atoms with Crippen LogP contribution in [0, 0.1) is 0 Å². The zero-order valence-corrected chi connectivity index (χ0v) is 18.0. The van der Waals surface area contributed by atoms with Crippen molar-refractivity contribution < 1.29 is 9.59 Å². The molecule has 2 heterocycles. The topological polar surface area (TPSA) is 64.7 Å². The second-order valence-corrected chi connectivity index (χ2v) is 8.09. The van der Waals surface area contributed by atoms with Gasteiger partial charge >= 0.3 is 0 Å². The van der Waals surface area contributed by atoms with Crippen molar-refractivity contribution in [1.29, 1.82) is 0 Å². The number of hydrogen-bond acceptors (Lipinski definition) is 5. The first-order valence-corrected chi connectivity index (χ1v) is 10.9. The van der Waals surface area contributed by atoms with Crippen LogP contribution in [0.1, 0.15) is 29.6 Å². The van der Waals surface area contributed by atoms with Gasteiger partial charge in [0.15, 0.2) is 0 Å². The molecule has 2 amide bonds. The molecule has 2 saturated heterocycles. The Morgan fingerprint density at radius 3 is 2.54 bits per heavy atom. The van der Waals surface area contributed by atoms with Crippen LogP contribution in [0.15, 0.2) is 29.2 Å². The summed E-state index contributed by atoms with van der Waals surface area (Å²) in [6.45, 7) is 7.69. The van der Waals surface area contributed by atoms with Crippen LogP contribution < -0.4 is 10.6 Å². The number of carbonyl (C=O) groups is 2. The standard InChI is InChI=1S/C20H30N4O2S.ClH/c25-19(24-12-3-4-13-24)16-27-18-7-2-1-6-17(18)20(26)22-8-5-11-23-14-9-21-10-15-23;/h1-2,6-7,21H,3-5,8-16H2,(H,22,26);1H. The van der Waals surface area contributed by atoms with Gasteiger partial charge in [-0.25, -0.2) is 0 Å². The number of hydrogen-bond donors (Lipinski definition) is 2. The Balaban J connectivity index is 0.00000280. The highest BCUT2D eigenvalue weighted by Gasteiger charge is 2.19. The van der Waals surface area contributed by atoms with E-state index >= 15 is 0 Å². The molecule has 0 spiro atoms. The second-order valence-electron chi connectivity index (χ2n) is 7.07. The van der Waals surface area contributed by atoms with E-state index in [-0.39, 0.29) is 24.2 Å². The summed E-state index contributed by atoms with van der Waals surface area (Å²) in [6.07, 6.45) is 3.15. The van der Waals surface area contributed by atoms with Crippen LogP contribution in [0.3, 0.4) is 0 Å². The summed E-state index contributed by atoms with van der Waals surface area (Å²) >= 11 is 1.47. The minimum Gasteiger partial charge on any atom is -0.352 e. The lowest BCUT2D eigenvalue weighted by Crippen LogP contribution is -2.44. The van der Waals surface area contributed by atoms with Gasteiger partial charge in [-0.3, -0.25) is 9.59 Å². The molecule has 3 rings (SSSR count). The average Bonchev–Trinajstić information content (AvgIpc) is 3.25. The Labute approximate surface area is 178 Å². The maximum Gasteiger partial charge on any atom is 0.252 e. The SMILES string of the molecule is Cl.O=C(NCCCN1CCNCC1)c1ccccc1SCC(=O)N1CCCC1. The molecule has 8 heteroatoms. The van der Waals surface area contributed by atoms with Crippen molar-refractivity contribution in [3.63, 3.8) is 0 Å². The number of nitrogens with one attached hydrogen (secondary N) is 2. The first kappa shape index (κ1) is 23.0. The third-order valence-corrected chi connectivity index (χ3v) is 6.15. The molecule has 0 radical (unpaired) electrons. The molecular weight excluding hydrogens is 396 g/mol. The largest absolute Gasteiger partial charge is 0.352 e. The Morgan fingerprint density at radius 1 is 1.07 bits per heavy atom. The van der Waals surface area contributed by atoms with Crippen LogP contribution in [0.25, 0.3) is 0 Å². The zero-order valence-electron chi connectivity index (χ0n) is 16.3. The lowest BCUT2D eigenvalue weighted by Gasteiger charge is -2.27. The van der Waals surface area contributed by atoms with Crippen molar-refractivity contribution in [2.24, 2.45) is 0 Å². The van der Waals surface area contributed by atoms with Crippen LogP contribution in [-0.4, -0.2) is 79.7 Å². The summed E-state index contributed by atoms with van der Waals surface area (Å²) in [6, 6.07) is 7.57. The van der Waals surface area contributed by atoms with Gasteiger partial charge < -0.3 is 20.4 Å². The van der Waals surface area contributed by atoms with E-state index < -0.39 is 0 Å². The number of halogens is 1. The number of thioether (sulfide) groups is 1. The van der Waals surface area contributed by atoms with Gasteiger partial charge in [0.1, 0.15) is 0 Å². The number of likely N-dealkylation sites (tertiary alicyclic amines) is 1. The third kappa shape index (κ3) is 6.95. The molecule has 2 fully saturated rings. The highest BCUT2D eigenvalue weighted by molar-refractivity contribution is 8.00. The maximum atomic E-state index is 12.6. The lowest BCUT2D eigenvalue weighted by atomic mass is 10.2. The van der Waals surface area contributed by atoms with Gasteiger partial charge in [0.2, 0.25) is 5.91 Å². The number of rotatable bonds is 8. The van der Waals surface area contributed by atoms with Gasteiger partial charge in [0.05, 0.1) is 11.3 Å². The molecule has 2 N–H and O–H groups in total. The Hall–Kier alpha value is -1.28. The molecule has 2 aliphatic heterocycles. The Kier molecular flexibility index (Phi) is 10.1. The smallest absolute Gasteiger partial charge is 0.252 e. The highest BCUT2D eigenvalue weighted by atomic mass is 35.5. The molecule has 0 aromatic heterocycles. The van der Waals surface area contributed by atoms with Crippen LogP contribution in [-0.2, 0) is 4.79 Å². The molecule has 6 nitrogen and oxygen atoms in total. The van der Waals surface area contributed by atoms with E-state index in [2.05, 4.69) is 15.5 Å². The zero-order chi connectivity index (χ0) is 18.9. The predicted octanol–water partition coefficient (Wildman–Crippen LogP) is 1.85. The molecule has 0 aliphatic carbocycles. The summed E-state index contributed by atoms with van der Waals surface area (Å²) in [5.74, 6) is 0.517. The van der Waals surface area contributed by atoms with E-state index in [4.69, 9.17) is 0 Å². The van der Waals surface area contributed by atoms with E-state index in [1.807, 2.05) is 29.2 Å². The van der Waals surface area contributed by atoms with Crippen molar-refractivity contribution in [2.45, 2.75) is 24.2 Å². The molecule has 28 heavy (non-hydrogen) atoms. The molecule has 0 bridgehead atoms. The number of piperazine rings is 1. The fourth-order valence-electron chi connectivity index (χ4n) is 3.51. The van der Waals surface area contributed by atoms with Crippen molar-refractivity contribution in [2.75, 3.05) is 58.1 Å². The van der Waals surface area contributed by atoms with Crippen LogP contribution in [0.5, 0.6) is 0 Å². The van der Waals surface area contributed by atoms with Crippen molar-refractivity contribution in [1.82, 2.24) is 20.4 Å². The monoisotopic (exact) mass is 426 g/mol. The maximum absolute atomic E-state index is 12.6. The van der Waals surface area contributed by atoms with Crippen LogP contribution >= 0.6 is 24.2 Å². The van der Waals surface area contributed by atoms with Crippen LogP contribution in [0.2, 0.25) is 0 Å². The Bertz CT molecular complexity index is 634. The van der Waals surface area contributed by atoms with Gasteiger partial charge in [-0.2, -0.15) is 0 Å². The van der Waals surface area contributed by atoms with Gasteiger partial charge in [0.25, 0.3) is 5.91 Å². The minimum atomic E-state index is -0.0490. The molecule has 1 aromatic rings. The molecule has 1 aromatic carbocycles. The van der Waals surface area contributed by atoms with E-state index in [1.54, 1.807) is 0 Å². The molecule has 0 unspecified atom stereocenters. The molecule has 2 aliphatic rings. The fraction of sp³-hybridized carbons (Fsp3) is 0.600. The summed E-state index contributed by atoms with van der Waals surface area (Å²) in [7, 11) is 0. The highest BCUT2D eigenvalue weighted by Crippen LogP contribution is 2.23. The summed E-state index contributed by atoms with van der Waals surface area (Å²) in [5, 5.41) is 6.38. The molecule has 156 valence electrons. The van der Waals surface area contributed by atoms with E-state index in [0.29, 0.717) is 17.9 Å².